The first kappa shape index (κ1) is 12.0. The second-order valence-electron chi connectivity index (χ2n) is 4.65. The van der Waals surface area contributed by atoms with Crippen molar-refractivity contribution in [2.45, 2.75) is 64.5 Å². The van der Waals surface area contributed by atoms with Gasteiger partial charge in [0, 0.05) is 6.04 Å². The minimum Gasteiger partial charge on any atom is -0.393 e. The fourth-order valence-electron chi connectivity index (χ4n) is 2.48. The molecule has 0 amide bonds. The van der Waals surface area contributed by atoms with Crippen LogP contribution in [0.25, 0.3) is 0 Å². The molecule has 0 bridgehead atoms. The van der Waals surface area contributed by atoms with Crippen molar-refractivity contribution in [2.24, 2.45) is 5.92 Å². The number of rotatable bonds is 6. The molecule has 1 rings (SSSR count). The van der Waals surface area contributed by atoms with Crippen molar-refractivity contribution in [1.82, 2.24) is 5.32 Å². The molecule has 2 heteroatoms. The van der Waals surface area contributed by atoms with Gasteiger partial charge in [-0.05, 0) is 45.1 Å². The minimum absolute atomic E-state index is 0.137. The Morgan fingerprint density at radius 3 is 2.86 bits per heavy atom. The second kappa shape index (κ2) is 6.41. The molecule has 1 aliphatic carbocycles. The summed E-state index contributed by atoms with van der Waals surface area (Å²) in [5, 5.41) is 12.7. The van der Waals surface area contributed by atoms with Crippen LogP contribution in [0, 0.1) is 5.92 Å². The van der Waals surface area contributed by atoms with Crippen LogP contribution in [0.3, 0.4) is 0 Å². The van der Waals surface area contributed by atoms with Crippen molar-refractivity contribution < 1.29 is 5.11 Å². The van der Waals surface area contributed by atoms with Gasteiger partial charge in [0.15, 0.2) is 0 Å². The first-order valence-electron chi connectivity index (χ1n) is 6.15. The molecule has 1 fully saturated rings. The highest BCUT2D eigenvalue weighted by Gasteiger charge is 2.24. The van der Waals surface area contributed by atoms with Gasteiger partial charge in [-0.25, -0.2) is 0 Å². The molecule has 0 saturated heterocycles. The molecule has 1 saturated carbocycles. The Bertz CT molecular complexity index is 147. The van der Waals surface area contributed by atoms with Crippen LogP contribution in [0.4, 0.5) is 0 Å². The monoisotopic (exact) mass is 199 g/mol. The summed E-state index contributed by atoms with van der Waals surface area (Å²) >= 11 is 0. The summed E-state index contributed by atoms with van der Waals surface area (Å²) in [7, 11) is 0. The third kappa shape index (κ3) is 3.97. The first-order chi connectivity index (χ1) is 6.74. The summed E-state index contributed by atoms with van der Waals surface area (Å²) in [6.07, 6.45) is 7.36. The molecule has 84 valence electrons. The molecule has 0 radical (unpaired) electrons. The van der Waals surface area contributed by atoms with Gasteiger partial charge >= 0.3 is 0 Å². The largest absolute Gasteiger partial charge is 0.393 e. The average molecular weight is 199 g/mol. The van der Waals surface area contributed by atoms with Gasteiger partial charge in [0.1, 0.15) is 0 Å². The van der Waals surface area contributed by atoms with Crippen LogP contribution in [-0.2, 0) is 0 Å². The Morgan fingerprint density at radius 2 is 2.21 bits per heavy atom. The summed E-state index contributed by atoms with van der Waals surface area (Å²) in [4.78, 5) is 0. The topological polar surface area (TPSA) is 32.3 Å². The Kier molecular flexibility index (Phi) is 5.49. The highest BCUT2D eigenvalue weighted by atomic mass is 16.3. The molecule has 0 aromatic heterocycles. The lowest BCUT2D eigenvalue weighted by Crippen LogP contribution is -2.33. The summed E-state index contributed by atoms with van der Waals surface area (Å²) in [6.45, 7) is 5.23. The lowest BCUT2D eigenvalue weighted by molar-refractivity contribution is 0.180. The molecule has 1 aliphatic rings. The summed E-state index contributed by atoms with van der Waals surface area (Å²) in [5.74, 6) is 0.904. The summed E-state index contributed by atoms with van der Waals surface area (Å²) in [6, 6.07) is 0.758. The lowest BCUT2D eigenvalue weighted by atomic mass is 10.0. The number of hydrogen-bond acceptors (Lipinski definition) is 2. The maximum atomic E-state index is 9.11. The zero-order valence-corrected chi connectivity index (χ0v) is 9.63. The summed E-state index contributed by atoms with van der Waals surface area (Å²) in [5.41, 5.74) is 0. The third-order valence-electron chi connectivity index (χ3n) is 3.39. The molecular formula is C12H25NO. The number of hydrogen-bond donors (Lipinski definition) is 2. The zero-order chi connectivity index (χ0) is 10.4. The molecule has 14 heavy (non-hydrogen) atoms. The van der Waals surface area contributed by atoms with Crippen molar-refractivity contribution in [3.05, 3.63) is 0 Å². The molecule has 2 N–H and O–H groups in total. The Hall–Kier alpha value is -0.0800. The van der Waals surface area contributed by atoms with E-state index in [2.05, 4.69) is 12.2 Å². The molecule has 3 atom stereocenters. The Labute approximate surface area is 88.1 Å². The molecule has 0 heterocycles. The van der Waals surface area contributed by atoms with E-state index in [0.29, 0.717) is 0 Å². The van der Waals surface area contributed by atoms with Gasteiger partial charge in [0.2, 0.25) is 0 Å². The van der Waals surface area contributed by atoms with Gasteiger partial charge in [-0.15, -0.1) is 0 Å². The van der Waals surface area contributed by atoms with Crippen LogP contribution < -0.4 is 5.32 Å². The maximum Gasteiger partial charge on any atom is 0.0512 e. The molecule has 2 nitrogen and oxygen atoms in total. The van der Waals surface area contributed by atoms with Crippen LogP contribution in [0.1, 0.15) is 52.4 Å². The predicted molar refractivity (Wildman–Crippen MR) is 60.3 cm³/mol. The molecule has 0 aromatic rings. The Morgan fingerprint density at radius 1 is 1.43 bits per heavy atom. The van der Waals surface area contributed by atoms with Gasteiger partial charge in [-0.1, -0.05) is 19.8 Å². The fourth-order valence-corrected chi connectivity index (χ4v) is 2.48. The van der Waals surface area contributed by atoms with E-state index in [9.17, 15) is 0 Å². The highest BCUT2D eigenvalue weighted by Crippen LogP contribution is 2.27. The van der Waals surface area contributed by atoms with Gasteiger partial charge in [0.05, 0.1) is 6.10 Å². The van der Waals surface area contributed by atoms with Crippen molar-refractivity contribution >= 4 is 0 Å². The van der Waals surface area contributed by atoms with E-state index < -0.39 is 0 Å². The average Bonchev–Trinajstić information content (AvgIpc) is 2.59. The van der Waals surface area contributed by atoms with Crippen molar-refractivity contribution in [1.29, 1.82) is 0 Å². The highest BCUT2D eigenvalue weighted by molar-refractivity contribution is 4.81. The van der Waals surface area contributed by atoms with E-state index in [-0.39, 0.29) is 6.10 Å². The van der Waals surface area contributed by atoms with E-state index >= 15 is 0 Å². The van der Waals surface area contributed by atoms with Gasteiger partial charge < -0.3 is 10.4 Å². The smallest absolute Gasteiger partial charge is 0.0512 e. The van der Waals surface area contributed by atoms with E-state index in [0.717, 1.165) is 31.3 Å². The van der Waals surface area contributed by atoms with Crippen LogP contribution in [-0.4, -0.2) is 23.8 Å². The van der Waals surface area contributed by atoms with E-state index in [1.807, 2.05) is 6.92 Å². The SMILES string of the molecule is CCC1CCCC1NCCCC(C)O. The fraction of sp³-hybridized carbons (Fsp3) is 1.00. The first-order valence-corrected chi connectivity index (χ1v) is 6.15. The van der Waals surface area contributed by atoms with Gasteiger partial charge in [-0.3, -0.25) is 0 Å². The molecular weight excluding hydrogens is 174 g/mol. The molecule has 0 spiro atoms. The van der Waals surface area contributed by atoms with Crippen LogP contribution in [0.5, 0.6) is 0 Å². The minimum atomic E-state index is -0.137. The lowest BCUT2D eigenvalue weighted by Gasteiger charge is -2.19. The van der Waals surface area contributed by atoms with Crippen LogP contribution in [0.15, 0.2) is 0 Å². The van der Waals surface area contributed by atoms with Gasteiger partial charge in [0.25, 0.3) is 0 Å². The molecule has 3 unspecified atom stereocenters. The quantitative estimate of drug-likeness (QED) is 0.643. The van der Waals surface area contributed by atoms with E-state index in [4.69, 9.17) is 5.11 Å². The standard InChI is InChI=1S/C12H25NO/c1-3-11-7-4-8-12(11)13-9-5-6-10(2)14/h10-14H,3-9H2,1-2H3. The van der Waals surface area contributed by atoms with Crippen molar-refractivity contribution in [3.8, 4) is 0 Å². The van der Waals surface area contributed by atoms with Crippen molar-refractivity contribution in [3.63, 3.8) is 0 Å². The second-order valence-corrected chi connectivity index (χ2v) is 4.65. The summed E-state index contributed by atoms with van der Waals surface area (Å²) < 4.78 is 0. The van der Waals surface area contributed by atoms with Gasteiger partial charge in [-0.2, -0.15) is 0 Å². The maximum absolute atomic E-state index is 9.11. The van der Waals surface area contributed by atoms with Crippen LogP contribution >= 0.6 is 0 Å². The zero-order valence-electron chi connectivity index (χ0n) is 9.63. The molecule has 0 aliphatic heterocycles. The normalized spacial score (nSPS) is 29.4. The van der Waals surface area contributed by atoms with Crippen molar-refractivity contribution in [2.75, 3.05) is 6.54 Å². The van der Waals surface area contributed by atoms with E-state index in [1.54, 1.807) is 0 Å². The Balaban J connectivity index is 2.05. The number of aliphatic hydroxyl groups is 1. The third-order valence-corrected chi connectivity index (χ3v) is 3.39. The number of nitrogens with one attached hydrogen (secondary N) is 1. The predicted octanol–water partition coefficient (Wildman–Crippen LogP) is 2.32. The van der Waals surface area contributed by atoms with E-state index in [1.165, 1.54) is 25.7 Å². The molecule has 0 aromatic carbocycles. The number of aliphatic hydroxyl groups excluding tert-OH is 1. The van der Waals surface area contributed by atoms with Crippen LogP contribution in [0.2, 0.25) is 0 Å².